The van der Waals surface area contributed by atoms with E-state index in [0.717, 1.165) is 5.56 Å². The van der Waals surface area contributed by atoms with Crippen LogP contribution >= 0.6 is 0 Å². The maximum Gasteiger partial charge on any atom is 0.295 e. The Labute approximate surface area is 179 Å². The Bertz CT molecular complexity index is 1140. The molecular weight excluding hydrogens is 397 g/mol. The Hall–Kier alpha value is -3.93. The van der Waals surface area contributed by atoms with Crippen molar-refractivity contribution < 1.29 is 23.8 Å². The Morgan fingerprint density at radius 3 is 2.23 bits per heavy atom. The summed E-state index contributed by atoms with van der Waals surface area (Å²) in [5.74, 6) is -1.66. The second kappa shape index (κ2) is 8.44. The lowest BCUT2D eigenvalue weighted by Gasteiger charge is -2.25. The minimum absolute atomic E-state index is 0.0299. The average molecular weight is 417 g/mol. The first kappa shape index (κ1) is 20.3. The zero-order chi connectivity index (χ0) is 22.0. The number of nitrogens with zero attached hydrogens (tertiary/aromatic N) is 1. The third-order valence-electron chi connectivity index (χ3n) is 5.28. The molecule has 1 aliphatic heterocycles. The molecule has 31 heavy (non-hydrogen) atoms. The average Bonchev–Trinajstić information content (AvgIpc) is 3.05. The van der Waals surface area contributed by atoms with Gasteiger partial charge >= 0.3 is 0 Å². The summed E-state index contributed by atoms with van der Waals surface area (Å²) in [5.41, 5.74) is 1.74. The van der Waals surface area contributed by atoms with Crippen LogP contribution in [0.5, 0.6) is 5.75 Å². The minimum Gasteiger partial charge on any atom is -0.507 e. The first-order valence-corrected chi connectivity index (χ1v) is 9.72. The lowest BCUT2D eigenvalue weighted by molar-refractivity contribution is -0.140. The highest BCUT2D eigenvalue weighted by molar-refractivity contribution is 6.46. The normalized spacial score (nSPS) is 17.7. The highest BCUT2D eigenvalue weighted by atomic mass is 19.1. The van der Waals surface area contributed by atoms with Crippen molar-refractivity contribution in [1.29, 1.82) is 0 Å². The first-order chi connectivity index (χ1) is 15.0. The number of carbonyl (C=O) groups excluding carboxylic acids is 2. The third kappa shape index (κ3) is 3.92. The van der Waals surface area contributed by atoms with Gasteiger partial charge < -0.3 is 14.7 Å². The summed E-state index contributed by atoms with van der Waals surface area (Å²) in [4.78, 5) is 27.4. The molecule has 0 aliphatic carbocycles. The molecule has 1 unspecified atom stereocenters. The lowest BCUT2D eigenvalue weighted by atomic mass is 9.95. The van der Waals surface area contributed by atoms with Crippen molar-refractivity contribution >= 4 is 17.4 Å². The van der Waals surface area contributed by atoms with Crippen LogP contribution in [0, 0.1) is 5.82 Å². The van der Waals surface area contributed by atoms with Crippen LogP contribution in [0.1, 0.15) is 22.7 Å². The zero-order valence-corrected chi connectivity index (χ0v) is 16.8. The molecule has 0 bridgehead atoms. The van der Waals surface area contributed by atoms with Gasteiger partial charge in [0.15, 0.2) is 0 Å². The number of ether oxygens (including phenoxy) is 1. The van der Waals surface area contributed by atoms with Gasteiger partial charge in [-0.05, 0) is 47.5 Å². The Kier molecular flexibility index (Phi) is 5.54. The summed E-state index contributed by atoms with van der Waals surface area (Å²) in [6.45, 7) is 0.197. The minimum atomic E-state index is -0.795. The molecule has 3 aromatic rings. The fourth-order valence-electron chi connectivity index (χ4n) is 3.72. The molecule has 1 N–H and O–H groups in total. The number of Topliss-reactive ketones (excluding diaryl/α,β-unsaturated/α-hetero) is 1. The Morgan fingerprint density at radius 1 is 0.968 bits per heavy atom. The molecule has 6 heteroatoms. The maximum atomic E-state index is 13.3. The number of hydrogen-bond acceptors (Lipinski definition) is 4. The number of aliphatic hydroxyl groups is 1. The van der Waals surface area contributed by atoms with E-state index in [0.29, 0.717) is 11.3 Å². The Morgan fingerprint density at radius 2 is 1.61 bits per heavy atom. The number of methoxy groups -OCH3 is 1. The van der Waals surface area contributed by atoms with Crippen molar-refractivity contribution in [2.75, 3.05) is 7.11 Å². The molecule has 0 saturated carbocycles. The first-order valence-electron chi connectivity index (χ1n) is 9.72. The summed E-state index contributed by atoms with van der Waals surface area (Å²) in [5, 5.41) is 10.9. The number of amides is 1. The van der Waals surface area contributed by atoms with Crippen molar-refractivity contribution in [1.82, 2.24) is 4.90 Å². The number of aliphatic hydroxyl groups excluding tert-OH is 1. The van der Waals surface area contributed by atoms with Crippen LogP contribution in [0.2, 0.25) is 0 Å². The quantitative estimate of drug-likeness (QED) is 0.378. The van der Waals surface area contributed by atoms with Gasteiger partial charge in [0.2, 0.25) is 0 Å². The lowest BCUT2D eigenvalue weighted by Crippen LogP contribution is -2.29. The van der Waals surface area contributed by atoms with E-state index in [9.17, 15) is 19.1 Å². The van der Waals surface area contributed by atoms with Crippen LogP contribution in [-0.2, 0) is 16.1 Å². The molecule has 1 atom stereocenters. The number of benzene rings is 3. The van der Waals surface area contributed by atoms with Crippen molar-refractivity contribution in [3.63, 3.8) is 0 Å². The SMILES string of the molecule is COc1ccc(C2C(=C(O)c3ccc(F)cc3)C(=O)C(=O)N2Cc2ccccc2)cc1. The van der Waals surface area contributed by atoms with Gasteiger partial charge in [-0.15, -0.1) is 0 Å². The summed E-state index contributed by atoms with van der Waals surface area (Å²) in [7, 11) is 1.55. The molecule has 156 valence electrons. The van der Waals surface area contributed by atoms with Crippen LogP contribution in [0.15, 0.2) is 84.4 Å². The van der Waals surface area contributed by atoms with E-state index in [1.54, 1.807) is 31.4 Å². The van der Waals surface area contributed by atoms with Crippen LogP contribution in [0.25, 0.3) is 5.76 Å². The second-order valence-electron chi connectivity index (χ2n) is 7.19. The van der Waals surface area contributed by atoms with Crippen LogP contribution in [0.3, 0.4) is 0 Å². The summed E-state index contributed by atoms with van der Waals surface area (Å²) < 4.78 is 18.6. The van der Waals surface area contributed by atoms with Crippen molar-refractivity contribution in [2.24, 2.45) is 0 Å². The molecule has 1 saturated heterocycles. The van der Waals surface area contributed by atoms with Gasteiger partial charge in [0, 0.05) is 12.1 Å². The van der Waals surface area contributed by atoms with E-state index in [1.165, 1.54) is 29.2 Å². The fourth-order valence-corrected chi connectivity index (χ4v) is 3.72. The van der Waals surface area contributed by atoms with E-state index in [-0.39, 0.29) is 23.4 Å². The highest BCUT2D eigenvalue weighted by Gasteiger charge is 2.46. The fraction of sp³-hybridized carbons (Fsp3) is 0.120. The van der Waals surface area contributed by atoms with E-state index < -0.39 is 23.5 Å². The Balaban J connectivity index is 1.85. The third-order valence-corrected chi connectivity index (χ3v) is 5.28. The van der Waals surface area contributed by atoms with E-state index in [2.05, 4.69) is 0 Å². The van der Waals surface area contributed by atoms with Crippen LogP contribution in [0.4, 0.5) is 4.39 Å². The number of likely N-dealkylation sites (tertiary alicyclic amines) is 1. The molecule has 0 spiro atoms. The molecule has 1 aliphatic rings. The van der Waals surface area contributed by atoms with Gasteiger partial charge in [-0.25, -0.2) is 4.39 Å². The predicted molar refractivity (Wildman–Crippen MR) is 114 cm³/mol. The van der Waals surface area contributed by atoms with E-state index >= 15 is 0 Å². The van der Waals surface area contributed by atoms with Crippen molar-refractivity contribution in [2.45, 2.75) is 12.6 Å². The maximum absolute atomic E-state index is 13.3. The second-order valence-corrected chi connectivity index (χ2v) is 7.19. The summed E-state index contributed by atoms with van der Waals surface area (Å²) in [6.07, 6.45) is 0. The molecule has 4 rings (SSSR count). The predicted octanol–water partition coefficient (Wildman–Crippen LogP) is 4.46. The van der Waals surface area contributed by atoms with Crippen molar-refractivity contribution in [3.05, 3.63) is 107 Å². The van der Waals surface area contributed by atoms with Gasteiger partial charge in [-0.3, -0.25) is 9.59 Å². The molecule has 3 aromatic carbocycles. The number of carbonyl (C=O) groups is 2. The number of hydrogen-bond donors (Lipinski definition) is 1. The molecule has 1 fully saturated rings. The van der Waals surface area contributed by atoms with Crippen molar-refractivity contribution in [3.8, 4) is 5.75 Å². The molecule has 5 nitrogen and oxygen atoms in total. The molecule has 1 amide bonds. The van der Waals surface area contributed by atoms with Gasteiger partial charge in [0.25, 0.3) is 11.7 Å². The number of ketones is 1. The molecule has 0 radical (unpaired) electrons. The summed E-state index contributed by atoms with van der Waals surface area (Å²) in [6, 6.07) is 20.6. The van der Waals surface area contributed by atoms with Gasteiger partial charge in [0.05, 0.1) is 18.7 Å². The largest absolute Gasteiger partial charge is 0.507 e. The highest BCUT2D eigenvalue weighted by Crippen LogP contribution is 2.40. The van der Waals surface area contributed by atoms with Gasteiger partial charge in [-0.2, -0.15) is 0 Å². The molecule has 0 aromatic heterocycles. The van der Waals surface area contributed by atoms with Gasteiger partial charge in [-0.1, -0.05) is 42.5 Å². The standard InChI is InChI=1S/C25H20FNO4/c1-31-20-13-9-17(10-14-20)22-21(23(28)18-7-11-19(26)12-8-18)24(29)25(30)27(22)15-16-5-3-2-4-6-16/h2-14,22,28H,15H2,1H3. The number of halogens is 1. The summed E-state index contributed by atoms with van der Waals surface area (Å²) >= 11 is 0. The van der Waals surface area contributed by atoms with E-state index in [4.69, 9.17) is 4.74 Å². The van der Waals surface area contributed by atoms with Gasteiger partial charge in [0.1, 0.15) is 17.3 Å². The van der Waals surface area contributed by atoms with Crippen LogP contribution in [-0.4, -0.2) is 28.8 Å². The molecular formula is C25H20FNO4. The van der Waals surface area contributed by atoms with E-state index in [1.807, 2.05) is 30.3 Å². The molecule has 1 heterocycles. The zero-order valence-electron chi connectivity index (χ0n) is 16.8. The van der Waals surface area contributed by atoms with Crippen LogP contribution < -0.4 is 4.74 Å². The monoisotopic (exact) mass is 417 g/mol. The smallest absolute Gasteiger partial charge is 0.295 e. The topological polar surface area (TPSA) is 66.8 Å². The number of rotatable bonds is 5.